The van der Waals surface area contributed by atoms with Crippen LogP contribution in [0.25, 0.3) is 16.9 Å². The summed E-state index contributed by atoms with van der Waals surface area (Å²) >= 11 is 3.49. The van der Waals surface area contributed by atoms with E-state index in [2.05, 4.69) is 20.9 Å². The van der Waals surface area contributed by atoms with Crippen molar-refractivity contribution in [3.63, 3.8) is 0 Å². The Labute approximate surface area is 113 Å². The first-order valence-corrected chi connectivity index (χ1v) is 6.36. The van der Waals surface area contributed by atoms with E-state index in [9.17, 15) is 0 Å². The average Bonchev–Trinajstić information content (AvgIpc) is 2.77. The van der Waals surface area contributed by atoms with Crippen LogP contribution >= 0.6 is 15.9 Å². The second kappa shape index (κ2) is 4.46. The van der Waals surface area contributed by atoms with Crippen LogP contribution < -0.4 is 4.74 Å². The molecule has 2 heterocycles. The normalized spacial score (nSPS) is 10.8. The van der Waals surface area contributed by atoms with Gasteiger partial charge in [-0.25, -0.2) is 4.98 Å². The highest BCUT2D eigenvalue weighted by atomic mass is 79.9. The first kappa shape index (κ1) is 11.3. The van der Waals surface area contributed by atoms with Crippen LogP contribution in [0, 0.1) is 0 Å². The summed E-state index contributed by atoms with van der Waals surface area (Å²) in [5.74, 6) is 1.69. The van der Waals surface area contributed by atoms with Crippen LogP contribution in [0.15, 0.2) is 53.3 Å². The molecular weight excluding hydrogens is 292 g/mol. The van der Waals surface area contributed by atoms with Crippen molar-refractivity contribution in [2.24, 2.45) is 0 Å². The second-order valence-corrected chi connectivity index (χ2v) is 4.63. The molecule has 0 unspecified atom stereocenters. The Morgan fingerprint density at radius 2 is 1.89 bits per heavy atom. The van der Waals surface area contributed by atoms with E-state index >= 15 is 0 Å². The Balaban J connectivity index is 2.32. The monoisotopic (exact) mass is 302 g/mol. The summed E-state index contributed by atoms with van der Waals surface area (Å²) in [7, 11) is 1.67. The van der Waals surface area contributed by atoms with Crippen LogP contribution in [0.5, 0.6) is 5.75 Å². The summed E-state index contributed by atoms with van der Waals surface area (Å²) in [4.78, 5) is 4.57. The van der Waals surface area contributed by atoms with Gasteiger partial charge >= 0.3 is 0 Å². The van der Waals surface area contributed by atoms with E-state index in [4.69, 9.17) is 4.74 Å². The van der Waals surface area contributed by atoms with Crippen LogP contribution in [0.1, 0.15) is 0 Å². The van der Waals surface area contributed by atoms with Crippen molar-refractivity contribution < 1.29 is 4.74 Å². The van der Waals surface area contributed by atoms with Crippen molar-refractivity contribution in [3.8, 4) is 17.1 Å². The van der Waals surface area contributed by atoms with Crippen molar-refractivity contribution in [3.05, 3.63) is 53.3 Å². The molecule has 90 valence electrons. The van der Waals surface area contributed by atoms with Crippen LogP contribution in [0.4, 0.5) is 0 Å². The van der Waals surface area contributed by atoms with Gasteiger partial charge in [0.15, 0.2) is 0 Å². The van der Waals surface area contributed by atoms with Crippen molar-refractivity contribution in [2.75, 3.05) is 7.11 Å². The number of pyridine rings is 1. The number of aromatic nitrogens is 2. The maximum atomic E-state index is 5.39. The Bertz CT molecular complexity index is 706. The van der Waals surface area contributed by atoms with Gasteiger partial charge in [-0.1, -0.05) is 18.2 Å². The van der Waals surface area contributed by atoms with E-state index in [1.165, 1.54) is 0 Å². The maximum absolute atomic E-state index is 5.39. The van der Waals surface area contributed by atoms with E-state index < -0.39 is 0 Å². The van der Waals surface area contributed by atoms with Crippen molar-refractivity contribution in [2.45, 2.75) is 0 Å². The van der Waals surface area contributed by atoms with E-state index in [1.807, 2.05) is 53.1 Å². The molecule has 0 saturated carbocycles. The molecule has 1 aromatic carbocycles. The highest BCUT2D eigenvalue weighted by molar-refractivity contribution is 9.10. The lowest BCUT2D eigenvalue weighted by Crippen LogP contribution is -1.92. The number of rotatable bonds is 2. The zero-order valence-electron chi connectivity index (χ0n) is 9.80. The molecule has 0 spiro atoms. The third-order valence-corrected chi connectivity index (χ3v) is 3.43. The van der Waals surface area contributed by atoms with Crippen LogP contribution in [-0.2, 0) is 0 Å². The molecule has 0 aliphatic carbocycles. The van der Waals surface area contributed by atoms with E-state index in [-0.39, 0.29) is 0 Å². The molecule has 0 aliphatic heterocycles. The molecular formula is C14H11BrN2O. The number of hydrogen-bond acceptors (Lipinski definition) is 2. The third-order valence-electron chi connectivity index (χ3n) is 2.85. The second-order valence-electron chi connectivity index (χ2n) is 3.88. The summed E-state index contributed by atoms with van der Waals surface area (Å²) in [6, 6.07) is 13.9. The number of nitrogens with zero attached hydrogens (tertiary/aromatic N) is 2. The van der Waals surface area contributed by atoms with Crippen LogP contribution in [-0.4, -0.2) is 16.5 Å². The van der Waals surface area contributed by atoms with Gasteiger partial charge in [0, 0.05) is 6.20 Å². The molecule has 3 aromatic rings. The van der Waals surface area contributed by atoms with Gasteiger partial charge in [-0.15, -0.1) is 0 Å². The quantitative estimate of drug-likeness (QED) is 0.720. The van der Waals surface area contributed by atoms with Gasteiger partial charge in [-0.05, 0) is 40.2 Å². The molecule has 0 saturated heterocycles. The molecule has 0 aliphatic rings. The van der Waals surface area contributed by atoms with Crippen molar-refractivity contribution >= 4 is 21.4 Å². The van der Waals surface area contributed by atoms with E-state index in [0.717, 1.165) is 27.3 Å². The lowest BCUT2D eigenvalue weighted by molar-refractivity contribution is 0.416. The molecule has 3 rings (SSSR count). The minimum absolute atomic E-state index is 0.820. The number of imidazole rings is 1. The van der Waals surface area contributed by atoms with E-state index in [1.54, 1.807) is 7.11 Å². The smallest absolute Gasteiger partial charge is 0.149 e. The highest BCUT2D eigenvalue weighted by Crippen LogP contribution is 2.31. The number of benzene rings is 1. The Hall–Kier alpha value is -1.81. The summed E-state index contributed by atoms with van der Waals surface area (Å²) in [5, 5.41) is 0. The molecule has 0 atom stereocenters. The molecule has 2 aromatic heterocycles. The summed E-state index contributed by atoms with van der Waals surface area (Å²) in [6.07, 6.45) is 1.99. The number of methoxy groups -OCH3 is 1. The third kappa shape index (κ3) is 1.69. The molecule has 0 N–H and O–H groups in total. The standard InChI is InChI=1S/C14H11BrN2O/c1-18-12-8-3-2-6-10(12)14-16-13(15)11-7-4-5-9-17(11)14/h2-9H,1H3. The number of ether oxygens (including phenoxy) is 1. The minimum atomic E-state index is 0.820. The zero-order chi connectivity index (χ0) is 12.5. The molecule has 0 radical (unpaired) electrons. The van der Waals surface area contributed by atoms with Gasteiger partial charge < -0.3 is 4.74 Å². The Kier molecular flexibility index (Phi) is 2.80. The number of halogens is 1. The predicted octanol–water partition coefficient (Wildman–Crippen LogP) is 3.77. The molecule has 18 heavy (non-hydrogen) atoms. The maximum Gasteiger partial charge on any atom is 0.149 e. The lowest BCUT2D eigenvalue weighted by Gasteiger charge is -2.06. The van der Waals surface area contributed by atoms with Crippen LogP contribution in [0.3, 0.4) is 0 Å². The van der Waals surface area contributed by atoms with Gasteiger partial charge in [0.05, 0.1) is 18.2 Å². The topological polar surface area (TPSA) is 26.5 Å². The van der Waals surface area contributed by atoms with Crippen molar-refractivity contribution in [1.29, 1.82) is 0 Å². The van der Waals surface area contributed by atoms with Crippen molar-refractivity contribution in [1.82, 2.24) is 9.38 Å². The summed E-state index contributed by atoms with van der Waals surface area (Å²) in [6.45, 7) is 0. The molecule has 4 heteroatoms. The fourth-order valence-electron chi connectivity index (χ4n) is 2.02. The minimum Gasteiger partial charge on any atom is -0.496 e. The summed E-state index contributed by atoms with van der Waals surface area (Å²) < 4.78 is 8.27. The number of hydrogen-bond donors (Lipinski definition) is 0. The predicted molar refractivity (Wildman–Crippen MR) is 74.9 cm³/mol. The largest absolute Gasteiger partial charge is 0.496 e. The van der Waals surface area contributed by atoms with E-state index in [0.29, 0.717) is 0 Å². The van der Waals surface area contributed by atoms with Gasteiger partial charge in [0.1, 0.15) is 16.2 Å². The summed E-state index contributed by atoms with van der Waals surface area (Å²) in [5.41, 5.74) is 2.02. The van der Waals surface area contributed by atoms with Gasteiger partial charge in [-0.2, -0.15) is 0 Å². The Morgan fingerprint density at radius 1 is 1.11 bits per heavy atom. The highest BCUT2D eigenvalue weighted by Gasteiger charge is 2.13. The first-order valence-electron chi connectivity index (χ1n) is 5.57. The van der Waals surface area contributed by atoms with Gasteiger partial charge in [0.25, 0.3) is 0 Å². The number of para-hydroxylation sites is 1. The molecule has 0 bridgehead atoms. The van der Waals surface area contributed by atoms with Gasteiger partial charge in [0.2, 0.25) is 0 Å². The van der Waals surface area contributed by atoms with Crippen LogP contribution in [0.2, 0.25) is 0 Å². The fourth-order valence-corrected chi connectivity index (χ4v) is 2.51. The SMILES string of the molecule is COc1ccccc1-c1nc(Br)c2ccccn12. The fraction of sp³-hybridized carbons (Fsp3) is 0.0714. The Morgan fingerprint density at radius 3 is 2.72 bits per heavy atom. The molecule has 3 nitrogen and oxygen atoms in total. The molecule has 0 fully saturated rings. The lowest BCUT2D eigenvalue weighted by atomic mass is 10.2. The first-order chi connectivity index (χ1) is 8.81. The zero-order valence-corrected chi connectivity index (χ0v) is 11.4. The average molecular weight is 303 g/mol. The van der Waals surface area contributed by atoms with Gasteiger partial charge in [-0.3, -0.25) is 4.40 Å². The molecule has 0 amide bonds. The number of fused-ring (bicyclic) bond motifs is 1.